The Bertz CT molecular complexity index is 673. The molecule has 0 saturated carbocycles. The van der Waals surface area contributed by atoms with Gasteiger partial charge in [-0.15, -0.1) is 0 Å². The molecule has 0 aliphatic carbocycles. The molecular formula is C17H18FNO4. The summed E-state index contributed by atoms with van der Waals surface area (Å²) in [7, 11) is 3.05. The molecule has 0 bridgehead atoms. The van der Waals surface area contributed by atoms with Crippen LogP contribution in [0.25, 0.3) is 0 Å². The molecule has 0 saturated heterocycles. The molecule has 2 rings (SSSR count). The van der Waals surface area contributed by atoms with Crippen molar-refractivity contribution in [2.75, 3.05) is 19.5 Å². The van der Waals surface area contributed by atoms with Crippen molar-refractivity contribution in [3.63, 3.8) is 0 Å². The number of hydrogen-bond acceptors (Lipinski definition) is 4. The standard InChI is InChI=1S/C17H18FNO4/c1-11(23-13-6-4-12(18)5-7-13)17(20)19-15-10-14(21-2)8-9-16(15)22-3/h4-11H,1-3H3,(H,19,20)/t11-/m0/s1. The first-order chi connectivity index (χ1) is 11.0. The fourth-order valence-corrected chi connectivity index (χ4v) is 1.92. The van der Waals surface area contributed by atoms with Gasteiger partial charge in [0.1, 0.15) is 23.1 Å². The zero-order valence-electron chi connectivity index (χ0n) is 13.1. The monoisotopic (exact) mass is 319 g/mol. The van der Waals surface area contributed by atoms with Gasteiger partial charge in [0.05, 0.1) is 19.9 Å². The molecule has 2 aromatic carbocycles. The molecule has 0 aliphatic heterocycles. The van der Waals surface area contributed by atoms with E-state index in [9.17, 15) is 9.18 Å². The number of carbonyl (C=O) groups excluding carboxylic acids is 1. The first-order valence-electron chi connectivity index (χ1n) is 6.98. The number of ether oxygens (including phenoxy) is 3. The van der Waals surface area contributed by atoms with Crippen molar-refractivity contribution < 1.29 is 23.4 Å². The first kappa shape index (κ1) is 16.6. The van der Waals surface area contributed by atoms with E-state index < -0.39 is 6.10 Å². The zero-order chi connectivity index (χ0) is 16.8. The summed E-state index contributed by atoms with van der Waals surface area (Å²) >= 11 is 0. The van der Waals surface area contributed by atoms with Gasteiger partial charge in [0.2, 0.25) is 0 Å². The largest absolute Gasteiger partial charge is 0.497 e. The molecule has 0 heterocycles. The van der Waals surface area contributed by atoms with Crippen LogP contribution in [0.3, 0.4) is 0 Å². The molecule has 0 aliphatic rings. The number of methoxy groups -OCH3 is 2. The third-order valence-corrected chi connectivity index (χ3v) is 3.16. The predicted molar refractivity (Wildman–Crippen MR) is 84.7 cm³/mol. The van der Waals surface area contributed by atoms with Gasteiger partial charge in [0.25, 0.3) is 5.91 Å². The van der Waals surface area contributed by atoms with Crippen LogP contribution < -0.4 is 19.5 Å². The van der Waals surface area contributed by atoms with Gasteiger partial charge < -0.3 is 19.5 Å². The summed E-state index contributed by atoms with van der Waals surface area (Å²) in [5.74, 6) is 0.782. The lowest BCUT2D eigenvalue weighted by Crippen LogP contribution is -2.30. The molecule has 2 aromatic rings. The average molecular weight is 319 g/mol. The summed E-state index contributed by atoms with van der Waals surface area (Å²) in [5, 5.41) is 2.72. The normalized spacial score (nSPS) is 11.5. The quantitative estimate of drug-likeness (QED) is 0.888. The van der Waals surface area contributed by atoms with Gasteiger partial charge in [0, 0.05) is 6.07 Å². The lowest BCUT2D eigenvalue weighted by Gasteiger charge is -2.16. The Hall–Kier alpha value is -2.76. The molecule has 0 radical (unpaired) electrons. The van der Waals surface area contributed by atoms with Crippen molar-refractivity contribution in [3.8, 4) is 17.2 Å². The van der Waals surface area contributed by atoms with Crippen LogP contribution in [0.15, 0.2) is 42.5 Å². The van der Waals surface area contributed by atoms with Crippen molar-refractivity contribution in [3.05, 3.63) is 48.3 Å². The maximum absolute atomic E-state index is 12.9. The molecule has 5 nitrogen and oxygen atoms in total. The van der Waals surface area contributed by atoms with Gasteiger partial charge in [-0.25, -0.2) is 4.39 Å². The number of halogens is 1. The van der Waals surface area contributed by atoms with E-state index in [0.717, 1.165) is 0 Å². The third kappa shape index (κ3) is 4.35. The molecule has 0 unspecified atom stereocenters. The minimum atomic E-state index is -0.767. The molecular weight excluding hydrogens is 301 g/mol. The Morgan fingerprint density at radius 2 is 1.70 bits per heavy atom. The fraction of sp³-hybridized carbons (Fsp3) is 0.235. The first-order valence-corrected chi connectivity index (χ1v) is 6.98. The van der Waals surface area contributed by atoms with Crippen LogP contribution in [0.5, 0.6) is 17.2 Å². The molecule has 0 fully saturated rings. The number of amides is 1. The summed E-state index contributed by atoms with van der Waals surface area (Å²) in [4.78, 5) is 12.2. The maximum Gasteiger partial charge on any atom is 0.265 e. The highest BCUT2D eigenvalue weighted by molar-refractivity contribution is 5.95. The molecule has 1 N–H and O–H groups in total. The Labute approximate surface area is 134 Å². The van der Waals surface area contributed by atoms with Crippen LogP contribution in [0, 0.1) is 5.82 Å². The predicted octanol–water partition coefficient (Wildman–Crippen LogP) is 3.25. The molecule has 23 heavy (non-hydrogen) atoms. The van der Waals surface area contributed by atoms with Crippen LogP contribution in [0.2, 0.25) is 0 Å². The van der Waals surface area contributed by atoms with Crippen molar-refractivity contribution in [2.24, 2.45) is 0 Å². The number of benzene rings is 2. The van der Waals surface area contributed by atoms with Gasteiger partial charge in [-0.1, -0.05) is 0 Å². The van der Waals surface area contributed by atoms with Gasteiger partial charge in [0.15, 0.2) is 6.10 Å². The summed E-state index contributed by atoms with van der Waals surface area (Å²) in [5.41, 5.74) is 0.478. The van der Waals surface area contributed by atoms with E-state index in [2.05, 4.69) is 5.32 Å². The van der Waals surface area contributed by atoms with Crippen LogP contribution in [0.4, 0.5) is 10.1 Å². The van der Waals surface area contributed by atoms with Crippen molar-refractivity contribution >= 4 is 11.6 Å². The second kappa shape index (κ2) is 7.49. The molecule has 1 amide bonds. The second-order valence-corrected chi connectivity index (χ2v) is 4.77. The number of rotatable bonds is 6. The fourth-order valence-electron chi connectivity index (χ4n) is 1.92. The number of nitrogens with one attached hydrogen (secondary N) is 1. The molecule has 1 atom stereocenters. The lowest BCUT2D eigenvalue weighted by atomic mass is 10.2. The summed E-state index contributed by atoms with van der Waals surface area (Å²) in [6.07, 6.45) is -0.767. The Kier molecular flexibility index (Phi) is 5.41. The van der Waals surface area contributed by atoms with Gasteiger partial charge >= 0.3 is 0 Å². The van der Waals surface area contributed by atoms with E-state index in [4.69, 9.17) is 14.2 Å². The van der Waals surface area contributed by atoms with Crippen molar-refractivity contribution in [2.45, 2.75) is 13.0 Å². The molecule has 0 aromatic heterocycles. The highest BCUT2D eigenvalue weighted by Gasteiger charge is 2.17. The number of carbonyl (C=O) groups is 1. The topological polar surface area (TPSA) is 56.8 Å². The highest BCUT2D eigenvalue weighted by Crippen LogP contribution is 2.29. The summed E-state index contributed by atoms with van der Waals surface area (Å²) in [6, 6.07) is 10.5. The smallest absolute Gasteiger partial charge is 0.265 e. The minimum absolute atomic E-state index is 0.360. The number of anilines is 1. The Balaban J connectivity index is 2.07. The SMILES string of the molecule is COc1ccc(OC)c(NC(=O)[C@H](C)Oc2ccc(F)cc2)c1. The summed E-state index contributed by atoms with van der Waals surface area (Å²) < 4.78 is 28.7. The second-order valence-electron chi connectivity index (χ2n) is 4.77. The van der Waals surface area contributed by atoms with Gasteiger partial charge in [-0.3, -0.25) is 4.79 Å². The zero-order valence-corrected chi connectivity index (χ0v) is 13.1. The molecule has 122 valence electrons. The third-order valence-electron chi connectivity index (χ3n) is 3.16. The minimum Gasteiger partial charge on any atom is -0.497 e. The van der Waals surface area contributed by atoms with Gasteiger partial charge in [-0.05, 0) is 43.3 Å². The van der Waals surface area contributed by atoms with E-state index in [-0.39, 0.29) is 11.7 Å². The van der Waals surface area contributed by atoms with E-state index in [1.165, 1.54) is 38.5 Å². The average Bonchev–Trinajstić information content (AvgIpc) is 2.56. The van der Waals surface area contributed by atoms with Crippen LogP contribution in [-0.2, 0) is 4.79 Å². The van der Waals surface area contributed by atoms with Gasteiger partial charge in [-0.2, -0.15) is 0 Å². The highest BCUT2D eigenvalue weighted by atomic mass is 19.1. The lowest BCUT2D eigenvalue weighted by molar-refractivity contribution is -0.122. The number of hydrogen-bond donors (Lipinski definition) is 1. The van der Waals surface area contributed by atoms with Crippen LogP contribution in [-0.4, -0.2) is 26.2 Å². The van der Waals surface area contributed by atoms with Crippen LogP contribution >= 0.6 is 0 Å². The van der Waals surface area contributed by atoms with E-state index in [0.29, 0.717) is 22.9 Å². The Morgan fingerprint density at radius 3 is 2.30 bits per heavy atom. The van der Waals surface area contributed by atoms with Crippen molar-refractivity contribution in [1.29, 1.82) is 0 Å². The Morgan fingerprint density at radius 1 is 1.04 bits per heavy atom. The summed E-state index contributed by atoms with van der Waals surface area (Å²) in [6.45, 7) is 1.60. The molecule has 6 heteroatoms. The van der Waals surface area contributed by atoms with Crippen LogP contribution in [0.1, 0.15) is 6.92 Å². The van der Waals surface area contributed by atoms with Crippen molar-refractivity contribution in [1.82, 2.24) is 0 Å². The molecule has 0 spiro atoms. The van der Waals surface area contributed by atoms with E-state index >= 15 is 0 Å². The van der Waals surface area contributed by atoms with E-state index in [1.54, 1.807) is 25.1 Å². The van der Waals surface area contributed by atoms with E-state index in [1.807, 2.05) is 0 Å². The maximum atomic E-state index is 12.9.